The van der Waals surface area contributed by atoms with Gasteiger partial charge in [0, 0.05) is 23.5 Å². The van der Waals surface area contributed by atoms with Crippen LogP contribution in [0.3, 0.4) is 0 Å². The lowest BCUT2D eigenvalue weighted by atomic mass is 10.1. The molecule has 0 amide bonds. The molecule has 2 N–H and O–H groups in total. The fourth-order valence-electron chi connectivity index (χ4n) is 0.778. The first-order valence-electron chi connectivity index (χ1n) is 4.39. The monoisotopic (exact) mass is 186 g/mol. The van der Waals surface area contributed by atoms with Crippen LogP contribution in [-0.4, -0.2) is 29.8 Å². The third-order valence-electron chi connectivity index (χ3n) is 1.49. The molecular weight excluding hydrogens is 168 g/mol. The Labute approximate surface area is 78.8 Å². The van der Waals surface area contributed by atoms with Crippen molar-refractivity contribution >= 4 is 0 Å². The average Bonchev–Trinajstić information content (AvgIpc) is 2.00. The van der Waals surface area contributed by atoms with E-state index in [0.29, 0.717) is 19.5 Å². The van der Waals surface area contributed by atoms with Crippen LogP contribution >= 0.6 is 0 Å². The van der Waals surface area contributed by atoms with Crippen molar-refractivity contribution in [1.29, 1.82) is 0 Å². The molecule has 0 aliphatic rings. The van der Waals surface area contributed by atoms with Gasteiger partial charge in [-0.15, -0.1) is 0 Å². The Morgan fingerprint density at radius 1 is 1.54 bits per heavy atom. The Morgan fingerprint density at radius 2 is 2.15 bits per heavy atom. The summed E-state index contributed by atoms with van der Waals surface area (Å²) in [7, 11) is 0. The first-order chi connectivity index (χ1) is 5.95. The molecule has 0 aromatic carbocycles. The Kier molecular flexibility index (Phi) is 5.46. The summed E-state index contributed by atoms with van der Waals surface area (Å²) < 4.78 is 0. The van der Waals surface area contributed by atoms with E-state index in [4.69, 9.17) is 5.53 Å². The minimum atomic E-state index is -0.440. The molecule has 0 bridgehead atoms. The van der Waals surface area contributed by atoms with Crippen molar-refractivity contribution in [2.45, 2.75) is 38.8 Å². The third-order valence-corrected chi connectivity index (χ3v) is 1.49. The molecule has 0 aliphatic heterocycles. The molecule has 1 unspecified atom stereocenters. The van der Waals surface area contributed by atoms with Gasteiger partial charge in [-0.3, -0.25) is 0 Å². The minimum absolute atomic E-state index is 0.0134. The summed E-state index contributed by atoms with van der Waals surface area (Å²) >= 11 is 0. The zero-order valence-electron chi connectivity index (χ0n) is 8.49. The Morgan fingerprint density at radius 3 is 2.62 bits per heavy atom. The molecule has 5 heteroatoms. The van der Waals surface area contributed by atoms with Gasteiger partial charge in [-0.2, -0.15) is 0 Å². The van der Waals surface area contributed by atoms with E-state index in [1.54, 1.807) is 0 Å². The van der Waals surface area contributed by atoms with E-state index >= 15 is 0 Å². The fourth-order valence-corrected chi connectivity index (χ4v) is 0.778. The van der Waals surface area contributed by atoms with Crippen molar-refractivity contribution in [2.75, 3.05) is 13.1 Å². The van der Waals surface area contributed by atoms with Crippen molar-refractivity contribution in [2.24, 2.45) is 5.11 Å². The topological polar surface area (TPSA) is 81.0 Å². The summed E-state index contributed by atoms with van der Waals surface area (Å²) in [5, 5.41) is 15.9. The maximum atomic E-state index is 9.39. The molecule has 13 heavy (non-hydrogen) atoms. The van der Waals surface area contributed by atoms with Gasteiger partial charge >= 0.3 is 0 Å². The molecule has 76 valence electrons. The molecule has 1 atom stereocenters. The summed E-state index contributed by atoms with van der Waals surface area (Å²) in [6.45, 7) is 6.99. The molecule has 0 rings (SSSR count). The zero-order valence-corrected chi connectivity index (χ0v) is 8.49. The molecule has 0 aromatic heterocycles. The second kappa shape index (κ2) is 5.80. The molecule has 5 nitrogen and oxygen atoms in total. The van der Waals surface area contributed by atoms with Crippen LogP contribution in [0.15, 0.2) is 5.11 Å². The summed E-state index contributed by atoms with van der Waals surface area (Å²) in [5.41, 5.74) is 8.01. The van der Waals surface area contributed by atoms with Crippen LogP contribution in [0.1, 0.15) is 27.2 Å². The van der Waals surface area contributed by atoms with Gasteiger partial charge < -0.3 is 10.4 Å². The molecule has 0 fully saturated rings. The van der Waals surface area contributed by atoms with E-state index in [1.807, 2.05) is 20.8 Å². The number of β-amino-alcohol motifs (C(OH)–C–C–N with tert-alkyl or cyclic N) is 1. The van der Waals surface area contributed by atoms with E-state index < -0.39 is 6.10 Å². The van der Waals surface area contributed by atoms with E-state index in [9.17, 15) is 5.11 Å². The number of hydrogen-bond donors (Lipinski definition) is 2. The van der Waals surface area contributed by atoms with Gasteiger partial charge in [-0.25, -0.2) is 0 Å². The Balaban J connectivity index is 3.51. The summed E-state index contributed by atoms with van der Waals surface area (Å²) in [5.74, 6) is 0. The fraction of sp³-hybridized carbons (Fsp3) is 1.00. The van der Waals surface area contributed by atoms with Crippen LogP contribution in [0.25, 0.3) is 10.4 Å². The number of aliphatic hydroxyl groups excluding tert-OH is 1. The second-order valence-electron chi connectivity index (χ2n) is 4.03. The van der Waals surface area contributed by atoms with Gasteiger partial charge in [0.25, 0.3) is 0 Å². The van der Waals surface area contributed by atoms with Crippen LogP contribution in [0.2, 0.25) is 0 Å². The highest BCUT2D eigenvalue weighted by Gasteiger charge is 2.11. The zero-order chi connectivity index (χ0) is 10.3. The van der Waals surface area contributed by atoms with E-state index in [2.05, 4.69) is 15.3 Å². The standard InChI is InChI=1S/C8H18N4O/c1-8(2,3)10-6-7(13)4-5-11-12-9/h7,10,13H,4-6H2,1-3H3. The number of nitrogens with one attached hydrogen (secondary N) is 1. The van der Waals surface area contributed by atoms with Gasteiger partial charge in [0.1, 0.15) is 0 Å². The molecule has 0 saturated carbocycles. The van der Waals surface area contributed by atoms with Crippen molar-refractivity contribution in [3.63, 3.8) is 0 Å². The number of aliphatic hydroxyl groups is 1. The number of rotatable bonds is 5. The van der Waals surface area contributed by atoms with Crippen molar-refractivity contribution in [3.05, 3.63) is 10.4 Å². The highest BCUT2D eigenvalue weighted by atomic mass is 16.3. The quantitative estimate of drug-likeness (QED) is 0.387. The van der Waals surface area contributed by atoms with Gasteiger partial charge in [0.15, 0.2) is 0 Å². The maximum absolute atomic E-state index is 9.39. The van der Waals surface area contributed by atoms with Crippen LogP contribution < -0.4 is 5.32 Å². The SMILES string of the molecule is CC(C)(C)NCC(O)CCN=[N+]=[N-]. The molecule has 0 saturated heterocycles. The van der Waals surface area contributed by atoms with Crippen LogP contribution in [-0.2, 0) is 0 Å². The van der Waals surface area contributed by atoms with E-state index in [0.717, 1.165) is 0 Å². The van der Waals surface area contributed by atoms with Crippen molar-refractivity contribution in [1.82, 2.24) is 5.32 Å². The highest BCUT2D eigenvalue weighted by molar-refractivity contribution is 4.73. The van der Waals surface area contributed by atoms with Gasteiger partial charge in [-0.05, 0) is 32.7 Å². The number of azide groups is 1. The van der Waals surface area contributed by atoms with Crippen molar-refractivity contribution < 1.29 is 5.11 Å². The van der Waals surface area contributed by atoms with Crippen LogP contribution in [0, 0.1) is 0 Å². The molecular formula is C8H18N4O. The van der Waals surface area contributed by atoms with E-state index in [1.165, 1.54) is 0 Å². The molecule has 0 spiro atoms. The second-order valence-corrected chi connectivity index (χ2v) is 4.03. The number of hydrogen-bond acceptors (Lipinski definition) is 3. The lowest BCUT2D eigenvalue weighted by Crippen LogP contribution is -2.41. The minimum Gasteiger partial charge on any atom is -0.392 e. The van der Waals surface area contributed by atoms with Crippen LogP contribution in [0.5, 0.6) is 0 Å². The molecule has 0 heterocycles. The van der Waals surface area contributed by atoms with Crippen LogP contribution in [0.4, 0.5) is 0 Å². The predicted octanol–water partition coefficient (Wildman–Crippen LogP) is 1.44. The average molecular weight is 186 g/mol. The largest absolute Gasteiger partial charge is 0.392 e. The normalized spacial score (nSPS) is 13.5. The molecule has 0 aromatic rings. The molecule has 0 radical (unpaired) electrons. The first-order valence-corrected chi connectivity index (χ1v) is 4.39. The van der Waals surface area contributed by atoms with Gasteiger partial charge in [-0.1, -0.05) is 5.11 Å². The van der Waals surface area contributed by atoms with Gasteiger partial charge in [0.05, 0.1) is 6.10 Å². The predicted molar refractivity (Wildman–Crippen MR) is 52.4 cm³/mol. The highest BCUT2D eigenvalue weighted by Crippen LogP contribution is 1.99. The summed E-state index contributed by atoms with van der Waals surface area (Å²) in [6.07, 6.45) is 0.0670. The van der Waals surface area contributed by atoms with Crippen molar-refractivity contribution in [3.8, 4) is 0 Å². The summed E-state index contributed by atoms with van der Waals surface area (Å²) in [6, 6.07) is 0. The Hall–Kier alpha value is -0.770. The third kappa shape index (κ3) is 9.14. The van der Waals surface area contributed by atoms with Gasteiger partial charge in [0.2, 0.25) is 0 Å². The maximum Gasteiger partial charge on any atom is 0.0666 e. The smallest absolute Gasteiger partial charge is 0.0666 e. The number of nitrogens with zero attached hydrogens (tertiary/aromatic N) is 3. The first kappa shape index (κ1) is 12.2. The Bertz CT molecular complexity index is 181. The lowest BCUT2D eigenvalue weighted by molar-refractivity contribution is 0.154. The van der Waals surface area contributed by atoms with E-state index in [-0.39, 0.29) is 5.54 Å². The molecule has 0 aliphatic carbocycles. The summed E-state index contributed by atoms with van der Waals surface area (Å²) in [4.78, 5) is 2.61. The lowest BCUT2D eigenvalue weighted by Gasteiger charge is -2.22.